The standard InChI is InChI=1S/C26H24F4IN7O3/c1-41-20-11-33-23(36-22(20)32)17-8-14-5-6-37(24(39)16(14)9-18(17)27)12-13-3-2-4-15(7-13)35-19-10-34-38(31)25(40)21(19)26(28,29)30/h5-6,8-11,13,15,35H,2-4,7,12H2,1H3,(H2,32,33,36)/t13-,15+/m1/s1. The average Bonchev–Trinajstić information content (AvgIpc) is 2.92. The second-order valence-electron chi connectivity index (χ2n) is 9.81. The lowest BCUT2D eigenvalue weighted by Crippen LogP contribution is -2.34. The largest absolute Gasteiger partial charge is 0.491 e. The van der Waals surface area contributed by atoms with E-state index in [1.54, 1.807) is 12.3 Å². The topological polar surface area (TPSA) is 130 Å². The zero-order chi connectivity index (χ0) is 29.5. The first-order valence-electron chi connectivity index (χ1n) is 12.6. The van der Waals surface area contributed by atoms with Gasteiger partial charge in [0.2, 0.25) is 0 Å². The Kier molecular flexibility index (Phi) is 7.89. The van der Waals surface area contributed by atoms with Gasteiger partial charge in [-0.15, -0.1) is 0 Å². The molecule has 0 bridgehead atoms. The zero-order valence-electron chi connectivity index (χ0n) is 21.6. The highest BCUT2D eigenvalue weighted by Crippen LogP contribution is 2.34. The monoisotopic (exact) mass is 685 g/mol. The van der Waals surface area contributed by atoms with Crippen LogP contribution in [0.3, 0.4) is 0 Å². The van der Waals surface area contributed by atoms with Gasteiger partial charge in [0.15, 0.2) is 17.4 Å². The number of fused-ring (bicyclic) bond motifs is 1. The first kappa shape index (κ1) is 28.8. The molecule has 1 aliphatic rings. The Bertz CT molecular complexity index is 1740. The van der Waals surface area contributed by atoms with Gasteiger partial charge in [-0.1, -0.05) is 6.42 Å². The van der Waals surface area contributed by atoms with Gasteiger partial charge in [0.25, 0.3) is 11.1 Å². The number of anilines is 2. The SMILES string of the molecule is COc1cnc(-c2cc3ccn(C[C@@H]4CCC[C@H](Nc5cnn(I)c(=O)c5C(F)(F)F)C4)c(=O)c3cc2F)nc1N. The van der Waals surface area contributed by atoms with E-state index < -0.39 is 28.7 Å². The van der Waals surface area contributed by atoms with Gasteiger partial charge in [0.1, 0.15) is 11.4 Å². The highest BCUT2D eigenvalue weighted by molar-refractivity contribution is 14.1. The van der Waals surface area contributed by atoms with E-state index in [0.29, 0.717) is 34.1 Å². The molecule has 4 aromatic rings. The van der Waals surface area contributed by atoms with E-state index in [-0.39, 0.29) is 46.0 Å². The number of pyridine rings is 1. The molecule has 10 nitrogen and oxygen atoms in total. The lowest BCUT2D eigenvalue weighted by molar-refractivity contribution is -0.138. The van der Waals surface area contributed by atoms with Crippen LogP contribution < -0.4 is 26.9 Å². The van der Waals surface area contributed by atoms with Gasteiger partial charge < -0.3 is 20.4 Å². The summed E-state index contributed by atoms with van der Waals surface area (Å²) in [7, 11) is 1.41. The van der Waals surface area contributed by atoms with Crippen LogP contribution in [-0.4, -0.2) is 35.7 Å². The number of hydrogen-bond acceptors (Lipinski definition) is 8. The molecule has 3 aromatic heterocycles. The maximum Gasteiger partial charge on any atom is 0.423 e. The fourth-order valence-corrected chi connectivity index (χ4v) is 5.56. The fourth-order valence-electron chi connectivity index (χ4n) is 5.19. The van der Waals surface area contributed by atoms with Crippen LogP contribution in [0.5, 0.6) is 5.75 Å². The minimum Gasteiger partial charge on any atom is -0.491 e. The van der Waals surface area contributed by atoms with E-state index in [1.807, 2.05) is 0 Å². The van der Waals surface area contributed by atoms with E-state index >= 15 is 4.39 Å². The molecule has 1 fully saturated rings. The molecule has 2 atom stereocenters. The number of halogens is 5. The molecule has 3 heterocycles. The smallest absolute Gasteiger partial charge is 0.423 e. The van der Waals surface area contributed by atoms with Crippen LogP contribution in [0.4, 0.5) is 29.1 Å². The Morgan fingerprint density at radius 2 is 1.98 bits per heavy atom. The fraction of sp³-hybridized carbons (Fsp3) is 0.346. The Labute approximate surface area is 244 Å². The van der Waals surface area contributed by atoms with Crippen molar-refractivity contribution in [2.75, 3.05) is 18.2 Å². The molecule has 0 unspecified atom stereocenters. The molecule has 0 aliphatic heterocycles. The van der Waals surface area contributed by atoms with Crippen LogP contribution in [0.1, 0.15) is 31.2 Å². The highest BCUT2D eigenvalue weighted by atomic mass is 127. The number of nitrogens with zero attached hydrogens (tertiary/aromatic N) is 5. The Morgan fingerprint density at radius 1 is 1.20 bits per heavy atom. The minimum absolute atomic E-state index is 0.0385. The van der Waals surface area contributed by atoms with Crippen molar-refractivity contribution in [2.24, 2.45) is 5.92 Å². The summed E-state index contributed by atoms with van der Waals surface area (Å²) in [5, 5.41) is 7.24. The average molecular weight is 685 g/mol. The summed E-state index contributed by atoms with van der Waals surface area (Å²) in [6.45, 7) is 0.300. The molecule has 0 saturated heterocycles. The second kappa shape index (κ2) is 11.3. The van der Waals surface area contributed by atoms with Crippen LogP contribution in [0.25, 0.3) is 22.2 Å². The quantitative estimate of drug-likeness (QED) is 0.222. The molecule has 0 radical (unpaired) electrons. The van der Waals surface area contributed by atoms with E-state index in [1.165, 1.54) is 46.8 Å². The predicted molar refractivity (Wildman–Crippen MR) is 152 cm³/mol. The minimum atomic E-state index is -4.84. The molecule has 41 heavy (non-hydrogen) atoms. The van der Waals surface area contributed by atoms with Crippen molar-refractivity contribution < 1.29 is 22.3 Å². The number of hydrogen-bond donors (Lipinski definition) is 2. The number of benzene rings is 1. The number of rotatable bonds is 6. The summed E-state index contributed by atoms with van der Waals surface area (Å²) in [6, 6.07) is 3.95. The molecule has 0 amide bonds. The summed E-state index contributed by atoms with van der Waals surface area (Å²) in [5.74, 6) is -0.381. The molecular weight excluding hydrogens is 661 g/mol. The third-order valence-electron chi connectivity index (χ3n) is 7.13. The van der Waals surface area contributed by atoms with Gasteiger partial charge in [-0.25, -0.2) is 14.4 Å². The molecule has 3 N–H and O–H groups in total. The van der Waals surface area contributed by atoms with Crippen molar-refractivity contribution >= 4 is 45.1 Å². The second-order valence-corrected chi connectivity index (χ2v) is 10.7. The molecule has 15 heteroatoms. The normalized spacial score (nSPS) is 17.5. The van der Waals surface area contributed by atoms with Gasteiger partial charge in [-0.2, -0.15) is 21.2 Å². The number of alkyl halides is 3. The van der Waals surface area contributed by atoms with Gasteiger partial charge in [0.05, 0.1) is 59.0 Å². The first-order valence-corrected chi connectivity index (χ1v) is 13.5. The number of nitrogens with one attached hydrogen (secondary N) is 1. The number of methoxy groups -OCH3 is 1. The van der Waals surface area contributed by atoms with Crippen LogP contribution in [0.15, 0.2) is 46.4 Å². The first-order chi connectivity index (χ1) is 19.5. The van der Waals surface area contributed by atoms with E-state index in [4.69, 9.17) is 10.5 Å². The van der Waals surface area contributed by atoms with Gasteiger partial charge in [0, 0.05) is 18.8 Å². The zero-order valence-corrected chi connectivity index (χ0v) is 23.7. The Balaban J connectivity index is 1.37. The van der Waals surface area contributed by atoms with Gasteiger partial charge in [-0.05, 0) is 48.8 Å². The summed E-state index contributed by atoms with van der Waals surface area (Å²) in [5.41, 5.74) is 2.62. The molecule has 1 aliphatic carbocycles. The maximum atomic E-state index is 15.1. The summed E-state index contributed by atoms with van der Waals surface area (Å²) in [6.07, 6.45) is 1.64. The van der Waals surface area contributed by atoms with Crippen molar-refractivity contribution in [3.05, 3.63) is 68.9 Å². The van der Waals surface area contributed by atoms with E-state index in [0.717, 1.165) is 18.7 Å². The Morgan fingerprint density at radius 3 is 2.68 bits per heavy atom. The van der Waals surface area contributed by atoms with Crippen molar-refractivity contribution in [1.29, 1.82) is 0 Å². The lowest BCUT2D eigenvalue weighted by Gasteiger charge is -2.31. The Hall–Kier alpha value is -3.76. The number of nitrogen functional groups attached to an aromatic ring is 1. The third kappa shape index (κ3) is 5.85. The molecular formula is C26H24F4IN7O3. The lowest BCUT2D eigenvalue weighted by atomic mass is 9.85. The molecule has 5 rings (SSSR count). The van der Waals surface area contributed by atoms with Crippen molar-refractivity contribution in [3.8, 4) is 17.1 Å². The van der Waals surface area contributed by atoms with Crippen LogP contribution in [0, 0.1) is 11.7 Å². The number of ether oxygens (including phenoxy) is 1. The molecule has 216 valence electrons. The maximum absolute atomic E-state index is 15.1. The van der Waals surface area contributed by atoms with Gasteiger partial charge in [-0.3, -0.25) is 9.59 Å². The van der Waals surface area contributed by atoms with Crippen LogP contribution in [-0.2, 0) is 12.7 Å². The predicted octanol–water partition coefficient (Wildman–Crippen LogP) is 4.63. The summed E-state index contributed by atoms with van der Waals surface area (Å²) < 4.78 is 63.1. The molecule has 1 saturated carbocycles. The van der Waals surface area contributed by atoms with Crippen molar-refractivity contribution in [2.45, 2.75) is 44.4 Å². The van der Waals surface area contributed by atoms with E-state index in [2.05, 4.69) is 20.4 Å². The highest BCUT2D eigenvalue weighted by Gasteiger charge is 2.39. The summed E-state index contributed by atoms with van der Waals surface area (Å²) in [4.78, 5) is 33.6. The van der Waals surface area contributed by atoms with Crippen LogP contribution >= 0.6 is 22.9 Å². The van der Waals surface area contributed by atoms with E-state index in [9.17, 15) is 22.8 Å². The van der Waals surface area contributed by atoms with Crippen molar-refractivity contribution in [1.82, 2.24) is 22.5 Å². The number of aromatic nitrogens is 5. The number of nitrogens with two attached hydrogens (primary N) is 1. The third-order valence-corrected chi connectivity index (χ3v) is 7.82. The summed E-state index contributed by atoms with van der Waals surface area (Å²) >= 11 is 1.41. The molecule has 1 aromatic carbocycles. The molecule has 0 spiro atoms. The van der Waals surface area contributed by atoms with Crippen molar-refractivity contribution in [3.63, 3.8) is 0 Å². The van der Waals surface area contributed by atoms with Crippen LogP contribution in [0.2, 0.25) is 0 Å². The van der Waals surface area contributed by atoms with Gasteiger partial charge >= 0.3 is 6.18 Å².